The lowest BCUT2D eigenvalue weighted by molar-refractivity contribution is -0.140. The largest absolute Gasteiger partial charge is 0.480 e. The maximum Gasteiger partial charge on any atom is 0.326 e. The molecule has 1 saturated carbocycles. The van der Waals surface area contributed by atoms with Crippen LogP contribution in [0.4, 0.5) is 5.82 Å². The van der Waals surface area contributed by atoms with Crippen LogP contribution in [0.3, 0.4) is 0 Å². The summed E-state index contributed by atoms with van der Waals surface area (Å²) in [7, 11) is 0. The number of aryl methyl sites for hydroxylation is 5. The molecule has 1 aliphatic carbocycles. The van der Waals surface area contributed by atoms with Gasteiger partial charge in [-0.3, -0.25) is 4.79 Å². The summed E-state index contributed by atoms with van der Waals surface area (Å²) >= 11 is 0. The summed E-state index contributed by atoms with van der Waals surface area (Å²) in [6.07, 6.45) is 6.62. The molecule has 1 amide bonds. The molecule has 1 atom stereocenters. The molecule has 188 valence electrons. The first kappa shape index (κ1) is 25.0. The van der Waals surface area contributed by atoms with Gasteiger partial charge in [0, 0.05) is 25.3 Å². The minimum atomic E-state index is -1.08. The fraction of sp³-hybridized carbons (Fsp3) is 0.577. The average molecular weight is 482 g/mol. The van der Waals surface area contributed by atoms with Gasteiger partial charge < -0.3 is 20.5 Å². The molecule has 0 unspecified atom stereocenters. The van der Waals surface area contributed by atoms with E-state index in [9.17, 15) is 14.7 Å². The third-order valence-corrected chi connectivity index (χ3v) is 6.93. The van der Waals surface area contributed by atoms with Crippen LogP contribution in [0.2, 0.25) is 0 Å². The third kappa shape index (κ3) is 6.33. The Morgan fingerprint density at radius 2 is 1.91 bits per heavy atom. The van der Waals surface area contributed by atoms with Crippen molar-refractivity contribution in [3.63, 3.8) is 0 Å². The molecular weight excluding hydrogens is 446 g/mol. The highest BCUT2D eigenvalue weighted by atomic mass is 16.5. The second-order valence-electron chi connectivity index (χ2n) is 9.68. The monoisotopic (exact) mass is 481 g/mol. The number of pyridine rings is 1. The molecule has 0 aromatic carbocycles. The van der Waals surface area contributed by atoms with Crippen molar-refractivity contribution in [2.45, 2.75) is 77.9 Å². The Hall–Kier alpha value is -3.07. The predicted octanol–water partition coefficient (Wildman–Crippen LogP) is 3.16. The van der Waals surface area contributed by atoms with E-state index in [1.54, 1.807) is 20.8 Å². The van der Waals surface area contributed by atoms with E-state index >= 15 is 0 Å². The zero-order valence-electron chi connectivity index (χ0n) is 20.8. The van der Waals surface area contributed by atoms with Gasteiger partial charge in [-0.1, -0.05) is 6.07 Å². The molecule has 0 saturated heterocycles. The van der Waals surface area contributed by atoms with E-state index in [1.165, 1.54) is 5.56 Å². The van der Waals surface area contributed by atoms with Gasteiger partial charge in [-0.15, -0.1) is 0 Å². The second-order valence-corrected chi connectivity index (χ2v) is 9.68. The van der Waals surface area contributed by atoms with Crippen LogP contribution in [0.5, 0.6) is 0 Å². The predicted molar refractivity (Wildman–Crippen MR) is 132 cm³/mol. The van der Waals surface area contributed by atoms with Crippen molar-refractivity contribution >= 4 is 17.7 Å². The number of hydrogen-bond acceptors (Lipinski definition) is 7. The van der Waals surface area contributed by atoms with E-state index in [2.05, 4.69) is 32.7 Å². The highest BCUT2D eigenvalue weighted by Gasteiger charge is 2.30. The maximum atomic E-state index is 12.7. The van der Waals surface area contributed by atoms with Gasteiger partial charge in [-0.25, -0.2) is 19.7 Å². The van der Waals surface area contributed by atoms with Crippen molar-refractivity contribution in [2.24, 2.45) is 5.92 Å². The molecule has 4 rings (SSSR count). The highest BCUT2D eigenvalue weighted by Crippen LogP contribution is 2.34. The molecule has 3 heterocycles. The van der Waals surface area contributed by atoms with E-state index in [0.29, 0.717) is 28.7 Å². The zero-order chi connectivity index (χ0) is 24.9. The number of ether oxygens (including phenoxy) is 1. The first-order chi connectivity index (χ1) is 16.8. The van der Waals surface area contributed by atoms with Gasteiger partial charge >= 0.3 is 5.97 Å². The quantitative estimate of drug-likeness (QED) is 0.472. The molecular formula is C26H35N5O4. The summed E-state index contributed by atoms with van der Waals surface area (Å²) in [4.78, 5) is 37.6. The minimum absolute atomic E-state index is 0.151. The number of anilines is 1. The van der Waals surface area contributed by atoms with Crippen molar-refractivity contribution in [3.8, 4) is 0 Å². The topological polar surface area (TPSA) is 126 Å². The van der Waals surface area contributed by atoms with Crippen molar-refractivity contribution in [1.82, 2.24) is 20.3 Å². The van der Waals surface area contributed by atoms with Crippen LogP contribution in [0.1, 0.15) is 70.9 Å². The third-order valence-electron chi connectivity index (χ3n) is 6.93. The van der Waals surface area contributed by atoms with Gasteiger partial charge in [0.15, 0.2) is 0 Å². The van der Waals surface area contributed by atoms with E-state index in [4.69, 9.17) is 9.72 Å². The Labute approximate surface area is 206 Å². The lowest BCUT2D eigenvalue weighted by atomic mass is 9.79. The lowest BCUT2D eigenvalue weighted by Crippen LogP contribution is -2.42. The lowest BCUT2D eigenvalue weighted by Gasteiger charge is -2.35. The molecule has 1 fully saturated rings. The SMILES string of the molecule is Cc1nc(C)c(C(=O)N[C@@H](CCOC2CC(CCc3ccc4c(n3)NCCC4)C2)C(=O)O)c(C)n1. The molecule has 2 aliphatic rings. The first-order valence-corrected chi connectivity index (χ1v) is 12.5. The number of aromatic nitrogens is 3. The number of carboxylic acids is 1. The summed E-state index contributed by atoms with van der Waals surface area (Å²) < 4.78 is 5.90. The number of nitrogens with one attached hydrogen (secondary N) is 2. The number of carboxylic acid groups (broad SMARTS) is 1. The zero-order valence-corrected chi connectivity index (χ0v) is 20.8. The molecule has 3 N–H and O–H groups in total. The second kappa shape index (κ2) is 11.1. The molecule has 2 aromatic rings. The fourth-order valence-electron chi connectivity index (χ4n) is 4.96. The van der Waals surface area contributed by atoms with Gasteiger partial charge in [-0.05, 0) is 76.8 Å². The van der Waals surface area contributed by atoms with Gasteiger partial charge in [0.25, 0.3) is 5.91 Å². The Morgan fingerprint density at radius 3 is 2.63 bits per heavy atom. The van der Waals surface area contributed by atoms with E-state index in [1.807, 2.05) is 0 Å². The van der Waals surface area contributed by atoms with Crippen LogP contribution >= 0.6 is 0 Å². The van der Waals surface area contributed by atoms with E-state index in [-0.39, 0.29) is 19.1 Å². The average Bonchev–Trinajstić information content (AvgIpc) is 2.78. The summed E-state index contributed by atoms with van der Waals surface area (Å²) in [5.74, 6) is 0.678. The number of amides is 1. The Bertz CT molecular complexity index is 1060. The van der Waals surface area contributed by atoms with Gasteiger partial charge in [0.1, 0.15) is 17.7 Å². The molecule has 9 heteroatoms. The Morgan fingerprint density at radius 1 is 1.17 bits per heavy atom. The van der Waals surface area contributed by atoms with Crippen LogP contribution in [0.15, 0.2) is 12.1 Å². The molecule has 35 heavy (non-hydrogen) atoms. The van der Waals surface area contributed by atoms with Crippen molar-refractivity contribution in [2.75, 3.05) is 18.5 Å². The van der Waals surface area contributed by atoms with Gasteiger partial charge in [0.2, 0.25) is 0 Å². The molecule has 2 aromatic heterocycles. The molecule has 0 spiro atoms. The minimum Gasteiger partial charge on any atom is -0.480 e. The van der Waals surface area contributed by atoms with Gasteiger partial charge in [0.05, 0.1) is 23.1 Å². The Kier molecular flexibility index (Phi) is 7.95. The van der Waals surface area contributed by atoms with E-state index in [0.717, 1.165) is 56.6 Å². The van der Waals surface area contributed by atoms with Crippen molar-refractivity contribution < 1.29 is 19.4 Å². The number of hydrogen-bond donors (Lipinski definition) is 3. The molecule has 0 radical (unpaired) electrons. The van der Waals surface area contributed by atoms with Gasteiger partial charge in [-0.2, -0.15) is 0 Å². The number of fused-ring (bicyclic) bond motifs is 1. The number of aliphatic carboxylic acids is 1. The summed E-state index contributed by atoms with van der Waals surface area (Å²) in [6.45, 7) is 6.49. The number of carbonyl (C=O) groups is 2. The van der Waals surface area contributed by atoms with Crippen LogP contribution in [0.25, 0.3) is 0 Å². The van der Waals surface area contributed by atoms with Crippen molar-refractivity contribution in [1.29, 1.82) is 0 Å². The number of rotatable bonds is 10. The first-order valence-electron chi connectivity index (χ1n) is 12.5. The van der Waals surface area contributed by atoms with Crippen LogP contribution < -0.4 is 10.6 Å². The van der Waals surface area contributed by atoms with Crippen LogP contribution in [-0.4, -0.2) is 57.2 Å². The van der Waals surface area contributed by atoms with Crippen LogP contribution in [0, 0.1) is 26.7 Å². The summed E-state index contributed by atoms with van der Waals surface area (Å²) in [5, 5.41) is 15.6. The summed E-state index contributed by atoms with van der Waals surface area (Å²) in [6, 6.07) is 3.31. The molecule has 0 bridgehead atoms. The highest BCUT2D eigenvalue weighted by molar-refractivity contribution is 5.98. The molecule has 1 aliphatic heterocycles. The molecule has 9 nitrogen and oxygen atoms in total. The maximum absolute atomic E-state index is 12.7. The standard InChI is InChI=1S/C26H35N5O4/c1-15-23(16(2)29-17(3)28-15)25(32)31-22(26(33)34)10-12-35-21-13-18(14-21)6-8-20-9-7-19-5-4-11-27-24(19)30-20/h7,9,18,21-22H,4-6,8,10-14H2,1-3H3,(H,27,30)(H,31,32)(H,33,34)/t18?,21?,22-/m0/s1. The summed E-state index contributed by atoms with van der Waals surface area (Å²) in [5.41, 5.74) is 3.84. The fourth-order valence-corrected chi connectivity index (χ4v) is 4.96. The smallest absolute Gasteiger partial charge is 0.326 e. The van der Waals surface area contributed by atoms with Crippen molar-refractivity contribution in [3.05, 3.63) is 46.2 Å². The normalized spacial score (nSPS) is 19.7. The Balaban J connectivity index is 1.18. The number of nitrogens with zero attached hydrogens (tertiary/aromatic N) is 3. The van der Waals surface area contributed by atoms with E-state index < -0.39 is 17.9 Å². The number of carbonyl (C=O) groups excluding carboxylic acids is 1. The van der Waals surface area contributed by atoms with Crippen LogP contribution in [-0.2, 0) is 22.4 Å².